The zero-order valence-corrected chi connectivity index (χ0v) is 9.46. The molecule has 1 aromatic rings. The maximum atomic E-state index is 13.3. The highest BCUT2D eigenvalue weighted by molar-refractivity contribution is 5.16. The molecule has 0 aliphatic heterocycles. The number of rotatable bonds is 6. The zero-order chi connectivity index (χ0) is 11.1. The summed E-state index contributed by atoms with van der Waals surface area (Å²) in [6.07, 6.45) is 1.08. The lowest BCUT2D eigenvalue weighted by Crippen LogP contribution is -2.22. The summed E-state index contributed by atoms with van der Waals surface area (Å²) < 4.78 is 13.3. The minimum atomic E-state index is -0.113. The predicted molar refractivity (Wildman–Crippen MR) is 61.3 cm³/mol. The summed E-state index contributed by atoms with van der Waals surface area (Å²) in [6, 6.07) is 6.94. The van der Waals surface area contributed by atoms with Crippen molar-refractivity contribution in [2.24, 2.45) is 0 Å². The second kappa shape index (κ2) is 6.53. The molecule has 3 heteroatoms. The number of hydrogen-bond acceptors (Lipinski definition) is 2. The normalized spacial score (nSPS) is 10.9. The molecule has 0 heterocycles. The first-order chi connectivity index (χ1) is 7.24. The van der Waals surface area contributed by atoms with Gasteiger partial charge < -0.3 is 10.2 Å². The minimum absolute atomic E-state index is 0.113. The molecular formula is C12H19FN2. The van der Waals surface area contributed by atoms with Crippen molar-refractivity contribution in [3.8, 4) is 0 Å². The van der Waals surface area contributed by atoms with Crippen molar-refractivity contribution >= 4 is 0 Å². The van der Waals surface area contributed by atoms with Crippen molar-refractivity contribution in [1.29, 1.82) is 0 Å². The molecule has 84 valence electrons. The molecule has 0 saturated carbocycles. The lowest BCUT2D eigenvalue weighted by Gasteiger charge is -2.16. The Kier molecular flexibility index (Phi) is 5.29. The summed E-state index contributed by atoms with van der Waals surface area (Å²) in [4.78, 5) is 2.13. The first-order valence-corrected chi connectivity index (χ1v) is 5.30. The summed E-state index contributed by atoms with van der Waals surface area (Å²) in [5.41, 5.74) is 0.768. The van der Waals surface area contributed by atoms with Gasteiger partial charge in [0.1, 0.15) is 5.82 Å². The Morgan fingerprint density at radius 3 is 2.73 bits per heavy atom. The molecule has 1 N–H and O–H groups in total. The molecule has 0 aromatic heterocycles. The third-order valence-electron chi connectivity index (χ3n) is 2.36. The smallest absolute Gasteiger partial charge is 0.127 e. The van der Waals surface area contributed by atoms with Crippen molar-refractivity contribution in [2.45, 2.75) is 13.0 Å². The van der Waals surface area contributed by atoms with Crippen LogP contribution in [0.1, 0.15) is 12.0 Å². The van der Waals surface area contributed by atoms with Crippen LogP contribution in [-0.4, -0.2) is 32.1 Å². The zero-order valence-electron chi connectivity index (χ0n) is 9.46. The van der Waals surface area contributed by atoms with Gasteiger partial charge in [0.05, 0.1) is 0 Å². The Morgan fingerprint density at radius 2 is 2.07 bits per heavy atom. The van der Waals surface area contributed by atoms with E-state index in [1.165, 1.54) is 6.07 Å². The summed E-state index contributed by atoms with van der Waals surface area (Å²) in [5, 5.41) is 3.10. The van der Waals surface area contributed by atoms with Crippen LogP contribution in [0.15, 0.2) is 24.3 Å². The fraction of sp³-hybridized carbons (Fsp3) is 0.500. The molecule has 0 aliphatic carbocycles. The largest absolute Gasteiger partial charge is 0.320 e. The number of nitrogens with one attached hydrogen (secondary N) is 1. The van der Waals surface area contributed by atoms with Crippen LogP contribution in [0.3, 0.4) is 0 Å². The maximum absolute atomic E-state index is 13.3. The molecule has 0 bridgehead atoms. The van der Waals surface area contributed by atoms with Gasteiger partial charge in [0.2, 0.25) is 0 Å². The molecule has 0 spiro atoms. The summed E-state index contributed by atoms with van der Waals surface area (Å²) >= 11 is 0. The topological polar surface area (TPSA) is 15.3 Å². The Labute approximate surface area is 91.1 Å². The molecule has 0 saturated heterocycles. The molecule has 0 amide bonds. The molecule has 1 aromatic carbocycles. The average molecular weight is 210 g/mol. The van der Waals surface area contributed by atoms with Gasteiger partial charge in [-0.25, -0.2) is 4.39 Å². The van der Waals surface area contributed by atoms with Crippen LogP contribution in [0.2, 0.25) is 0 Å². The van der Waals surface area contributed by atoms with Gasteiger partial charge in [-0.15, -0.1) is 0 Å². The van der Waals surface area contributed by atoms with E-state index in [9.17, 15) is 4.39 Å². The summed E-state index contributed by atoms with van der Waals surface area (Å²) in [5.74, 6) is -0.113. The van der Waals surface area contributed by atoms with E-state index in [1.807, 2.05) is 26.2 Å². The lowest BCUT2D eigenvalue weighted by molar-refractivity contribution is 0.316. The van der Waals surface area contributed by atoms with E-state index < -0.39 is 0 Å². The summed E-state index contributed by atoms with van der Waals surface area (Å²) in [6.45, 7) is 2.66. The molecule has 2 nitrogen and oxygen atoms in total. The SMILES string of the molecule is CNCCCN(C)Cc1ccccc1F. The van der Waals surface area contributed by atoms with Gasteiger partial charge in [0.25, 0.3) is 0 Å². The molecule has 0 aliphatic rings. The van der Waals surface area contributed by atoms with E-state index in [4.69, 9.17) is 0 Å². The standard InChI is InChI=1S/C12H19FN2/c1-14-8-5-9-15(2)10-11-6-3-4-7-12(11)13/h3-4,6-7,14H,5,8-10H2,1-2H3. The second-order valence-electron chi connectivity index (χ2n) is 3.79. The highest BCUT2D eigenvalue weighted by Gasteiger charge is 2.03. The summed E-state index contributed by atoms with van der Waals surface area (Å²) in [7, 11) is 3.96. The van der Waals surface area contributed by atoms with Gasteiger partial charge >= 0.3 is 0 Å². The van der Waals surface area contributed by atoms with Crippen LogP contribution < -0.4 is 5.32 Å². The van der Waals surface area contributed by atoms with E-state index in [0.717, 1.165) is 25.1 Å². The van der Waals surface area contributed by atoms with Crippen molar-refractivity contribution in [3.63, 3.8) is 0 Å². The Balaban J connectivity index is 2.37. The lowest BCUT2D eigenvalue weighted by atomic mass is 10.2. The van der Waals surface area contributed by atoms with Crippen molar-refractivity contribution < 1.29 is 4.39 Å². The minimum Gasteiger partial charge on any atom is -0.320 e. The monoisotopic (exact) mass is 210 g/mol. The van der Waals surface area contributed by atoms with Crippen LogP contribution >= 0.6 is 0 Å². The van der Waals surface area contributed by atoms with E-state index in [1.54, 1.807) is 6.07 Å². The molecule has 0 unspecified atom stereocenters. The van der Waals surface area contributed by atoms with Gasteiger partial charge in [-0.05, 0) is 39.7 Å². The van der Waals surface area contributed by atoms with E-state index in [0.29, 0.717) is 6.54 Å². The molecular weight excluding hydrogens is 191 g/mol. The number of halogens is 1. The predicted octanol–water partition coefficient (Wildman–Crippen LogP) is 1.87. The van der Waals surface area contributed by atoms with E-state index >= 15 is 0 Å². The molecule has 1 rings (SSSR count). The van der Waals surface area contributed by atoms with Gasteiger partial charge in [0.15, 0.2) is 0 Å². The van der Waals surface area contributed by atoms with Gasteiger partial charge in [-0.3, -0.25) is 0 Å². The van der Waals surface area contributed by atoms with Gasteiger partial charge in [0, 0.05) is 12.1 Å². The fourth-order valence-corrected chi connectivity index (χ4v) is 1.52. The van der Waals surface area contributed by atoms with Crippen LogP contribution in [0.25, 0.3) is 0 Å². The highest BCUT2D eigenvalue weighted by atomic mass is 19.1. The van der Waals surface area contributed by atoms with E-state index in [2.05, 4.69) is 10.2 Å². The van der Waals surface area contributed by atoms with Crippen molar-refractivity contribution in [3.05, 3.63) is 35.6 Å². The first-order valence-electron chi connectivity index (χ1n) is 5.30. The molecule has 0 fully saturated rings. The van der Waals surface area contributed by atoms with Crippen LogP contribution in [-0.2, 0) is 6.54 Å². The molecule has 0 atom stereocenters. The Morgan fingerprint density at radius 1 is 1.33 bits per heavy atom. The fourth-order valence-electron chi connectivity index (χ4n) is 1.52. The maximum Gasteiger partial charge on any atom is 0.127 e. The van der Waals surface area contributed by atoms with Gasteiger partial charge in [-0.2, -0.15) is 0 Å². The van der Waals surface area contributed by atoms with Crippen molar-refractivity contribution in [2.75, 3.05) is 27.2 Å². The van der Waals surface area contributed by atoms with Crippen LogP contribution in [0.4, 0.5) is 4.39 Å². The average Bonchev–Trinajstić information content (AvgIpc) is 2.22. The third kappa shape index (κ3) is 4.40. The second-order valence-corrected chi connectivity index (χ2v) is 3.79. The number of benzene rings is 1. The Bertz CT molecular complexity index is 289. The van der Waals surface area contributed by atoms with Crippen molar-refractivity contribution in [1.82, 2.24) is 10.2 Å². The number of hydrogen-bond donors (Lipinski definition) is 1. The Hall–Kier alpha value is -0.930. The quantitative estimate of drug-likeness (QED) is 0.721. The third-order valence-corrected chi connectivity index (χ3v) is 2.36. The first kappa shape index (κ1) is 12.1. The van der Waals surface area contributed by atoms with Crippen LogP contribution in [0.5, 0.6) is 0 Å². The highest BCUT2D eigenvalue weighted by Crippen LogP contribution is 2.08. The van der Waals surface area contributed by atoms with Gasteiger partial charge in [-0.1, -0.05) is 18.2 Å². The van der Waals surface area contributed by atoms with E-state index in [-0.39, 0.29) is 5.82 Å². The number of nitrogens with zero attached hydrogens (tertiary/aromatic N) is 1. The molecule has 0 radical (unpaired) electrons. The molecule has 15 heavy (non-hydrogen) atoms. The van der Waals surface area contributed by atoms with Crippen LogP contribution in [0, 0.1) is 5.82 Å².